The highest BCUT2D eigenvalue weighted by Crippen LogP contribution is 2.23. The minimum atomic E-state index is 0.666. The Morgan fingerprint density at radius 2 is 2.12 bits per heavy atom. The molecule has 1 aromatic heterocycles. The zero-order chi connectivity index (χ0) is 17.6. The molecule has 3 rings (SSSR count). The number of hydrogen-bond acceptors (Lipinski definition) is 3. The van der Waals surface area contributed by atoms with Crippen molar-refractivity contribution in [1.82, 2.24) is 10.3 Å². The van der Waals surface area contributed by atoms with E-state index >= 15 is 0 Å². The molecule has 1 aliphatic rings. The largest absolute Gasteiger partial charge is 0.309 e. The predicted octanol–water partition coefficient (Wildman–Crippen LogP) is 4.88. The molecule has 0 radical (unpaired) electrons. The Bertz CT molecular complexity index is 778. The first-order valence-corrected chi connectivity index (χ1v) is 9.35. The highest BCUT2D eigenvalue weighted by Gasteiger charge is 2.08. The van der Waals surface area contributed by atoms with Gasteiger partial charge in [0, 0.05) is 30.4 Å². The molecule has 1 atom stereocenters. The summed E-state index contributed by atoms with van der Waals surface area (Å²) in [5.41, 5.74) is 6.41. The Kier molecular flexibility index (Phi) is 6.11. The number of pyridine rings is 1. The van der Waals surface area contributed by atoms with Crippen LogP contribution in [0.3, 0.4) is 0 Å². The number of aryl methyl sites for hydroxylation is 1. The van der Waals surface area contributed by atoms with Gasteiger partial charge in [-0.05, 0) is 59.6 Å². The summed E-state index contributed by atoms with van der Waals surface area (Å²) in [7, 11) is 0. The van der Waals surface area contributed by atoms with E-state index in [0.717, 1.165) is 30.8 Å². The number of thiol groups is 1. The molecule has 0 amide bonds. The third-order valence-electron chi connectivity index (χ3n) is 4.61. The van der Waals surface area contributed by atoms with Crippen LogP contribution in [0, 0.1) is 12.8 Å². The molecule has 2 nitrogen and oxygen atoms in total. The standard InChI is InChI=1S/C22H26N2S/c1-16-5-7-18(8-6-16)13-24-15-21-12-20(10-17(2)22(21)25)11-19-4-3-9-23-14-19/h3-5,7-10,12,14,16,24-25H,6,11,13,15H2,1-2H3. The lowest BCUT2D eigenvalue weighted by molar-refractivity contribution is 0.699. The van der Waals surface area contributed by atoms with Crippen LogP contribution >= 0.6 is 12.6 Å². The SMILES string of the molecule is Cc1cc(Cc2cccnc2)cc(CNCC2=CCC(C)C=C2)c1S. The molecule has 1 aromatic carbocycles. The number of nitrogens with zero attached hydrogens (tertiary/aromatic N) is 1. The Morgan fingerprint density at radius 1 is 1.24 bits per heavy atom. The molecular formula is C22H26N2S. The van der Waals surface area contributed by atoms with Gasteiger partial charge >= 0.3 is 0 Å². The van der Waals surface area contributed by atoms with E-state index in [9.17, 15) is 0 Å². The minimum absolute atomic E-state index is 0.666. The highest BCUT2D eigenvalue weighted by molar-refractivity contribution is 7.80. The zero-order valence-corrected chi connectivity index (χ0v) is 15.9. The monoisotopic (exact) mass is 350 g/mol. The molecule has 2 aromatic rings. The Labute approximate surface area is 156 Å². The average Bonchev–Trinajstić information content (AvgIpc) is 2.61. The van der Waals surface area contributed by atoms with Gasteiger partial charge in [0.1, 0.15) is 0 Å². The number of allylic oxidation sites excluding steroid dienone is 2. The van der Waals surface area contributed by atoms with Gasteiger partial charge in [-0.2, -0.15) is 0 Å². The van der Waals surface area contributed by atoms with E-state index in [2.05, 4.69) is 60.6 Å². The average molecular weight is 351 g/mol. The third kappa shape index (κ3) is 5.07. The van der Waals surface area contributed by atoms with Crippen LogP contribution in [0.2, 0.25) is 0 Å². The number of nitrogens with one attached hydrogen (secondary N) is 1. The summed E-state index contributed by atoms with van der Waals surface area (Å²) in [6.07, 6.45) is 12.7. The highest BCUT2D eigenvalue weighted by atomic mass is 32.1. The van der Waals surface area contributed by atoms with Crippen molar-refractivity contribution in [2.75, 3.05) is 6.54 Å². The van der Waals surface area contributed by atoms with Crippen LogP contribution in [0.4, 0.5) is 0 Å². The van der Waals surface area contributed by atoms with Crippen molar-refractivity contribution in [3.63, 3.8) is 0 Å². The second-order valence-corrected chi connectivity index (χ2v) is 7.36. The van der Waals surface area contributed by atoms with Gasteiger partial charge in [0.15, 0.2) is 0 Å². The summed E-state index contributed by atoms with van der Waals surface area (Å²) >= 11 is 4.72. The minimum Gasteiger partial charge on any atom is -0.309 e. The predicted molar refractivity (Wildman–Crippen MR) is 108 cm³/mol. The lowest BCUT2D eigenvalue weighted by atomic mass is 9.98. The lowest BCUT2D eigenvalue weighted by Gasteiger charge is -2.15. The zero-order valence-electron chi connectivity index (χ0n) is 15.0. The summed E-state index contributed by atoms with van der Waals surface area (Å²) in [6.45, 7) is 6.12. The fourth-order valence-corrected chi connectivity index (χ4v) is 3.36. The normalized spacial score (nSPS) is 16.8. The molecule has 0 fully saturated rings. The van der Waals surface area contributed by atoms with Crippen molar-refractivity contribution in [3.8, 4) is 0 Å². The van der Waals surface area contributed by atoms with Crippen molar-refractivity contribution in [2.45, 2.75) is 38.1 Å². The lowest BCUT2D eigenvalue weighted by Crippen LogP contribution is -2.17. The second-order valence-electron chi connectivity index (χ2n) is 6.91. The van der Waals surface area contributed by atoms with Crippen molar-refractivity contribution >= 4 is 12.6 Å². The van der Waals surface area contributed by atoms with E-state index in [-0.39, 0.29) is 0 Å². The van der Waals surface area contributed by atoms with Crippen molar-refractivity contribution in [3.05, 3.63) is 82.7 Å². The molecule has 0 bridgehead atoms. The van der Waals surface area contributed by atoms with Gasteiger partial charge < -0.3 is 5.32 Å². The Balaban J connectivity index is 1.65. The molecule has 1 N–H and O–H groups in total. The first-order chi connectivity index (χ1) is 12.1. The molecular weight excluding hydrogens is 324 g/mol. The Morgan fingerprint density at radius 3 is 2.84 bits per heavy atom. The summed E-state index contributed by atoms with van der Waals surface area (Å²) in [5, 5.41) is 3.56. The molecule has 3 heteroatoms. The smallest absolute Gasteiger partial charge is 0.0303 e. The van der Waals surface area contributed by atoms with Gasteiger partial charge in [0.05, 0.1) is 0 Å². The van der Waals surface area contributed by atoms with Crippen LogP contribution in [0.1, 0.15) is 35.6 Å². The van der Waals surface area contributed by atoms with Crippen LogP contribution in [0.15, 0.2) is 65.4 Å². The van der Waals surface area contributed by atoms with E-state index in [0.29, 0.717) is 5.92 Å². The van der Waals surface area contributed by atoms with Crippen LogP contribution < -0.4 is 5.32 Å². The summed E-state index contributed by atoms with van der Waals surface area (Å²) in [4.78, 5) is 5.30. The fraction of sp³-hybridized carbons (Fsp3) is 0.318. The van der Waals surface area contributed by atoms with Crippen molar-refractivity contribution in [1.29, 1.82) is 0 Å². The number of benzene rings is 1. The van der Waals surface area contributed by atoms with Crippen LogP contribution in [0.25, 0.3) is 0 Å². The van der Waals surface area contributed by atoms with E-state index in [4.69, 9.17) is 12.6 Å². The first-order valence-electron chi connectivity index (χ1n) is 8.90. The van der Waals surface area contributed by atoms with Gasteiger partial charge in [-0.25, -0.2) is 0 Å². The third-order valence-corrected chi connectivity index (χ3v) is 5.25. The molecule has 1 unspecified atom stereocenters. The number of aromatic nitrogens is 1. The number of rotatable bonds is 6. The molecule has 1 heterocycles. The maximum absolute atomic E-state index is 4.72. The fourth-order valence-electron chi connectivity index (χ4n) is 3.15. The van der Waals surface area contributed by atoms with E-state index in [1.165, 1.54) is 27.8 Å². The van der Waals surface area contributed by atoms with Gasteiger partial charge in [0.25, 0.3) is 0 Å². The molecule has 0 aliphatic heterocycles. The van der Waals surface area contributed by atoms with Gasteiger partial charge in [-0.15, -0.1) is 12.6 Å². The van der Waals surface area contributed by atoms with Crippen molar-refractivity contribution < 1.29 is 0 Å². The Hall–Kier alpha value is -1.84. The molecule has 0 saturated carbocycles. The summed E-state index contributed by atoms with van der Waals surface area (Å²) in [5.74, 6) is 0.666. The molecule has 25 heavy (non-hydrogen) atoms. The molecule has 0 spiro atoms. The maximum Gasteiger partial charge on any atom is 0.0303 e. The van der Waals surface area contributed by atoms with Gasteiger partial charge in [-0.1, -0.05) is 43.4 Å². The van der Waals surface area contributed by atoms with Crippen molar-refractivity contribution in [2.24, 2.45) is 5.92 Å². The maximum atomic E-state index is 4.72. The quantitative estimate of drug-likeness (QED) is 0.726. The van der Waals surface area contributed by atoms with Crippen LogP contribution in [-0.2, 0) is 13.0 Å². The van der Waals surface area contributed by atoms with Crippen LogP contribution in [0.5, 0.6) is 0 Å². The van der Waals surface area contributed by atoms with Crippen LogP contribution in [-0.4, -0.2) is 11.5 Å². The van der Waals surface area contributed by atoms with E-state index < -0.39 is 0 Å². The second kappa shape index (κ2) is 8.50. The van der Waals surface area contributed by atoms with E-state index in [1.807, 2.05) is 18.5 Å². The number of hydrogen-bond donors (Lipinski definition) is 2. The first kappa shape index (κ1) is 18.0. The summed E-state index contributed by atoms with van der Waals surface area (Å²) < 4.78 is 0. The topological polar surface area (TPSA) is 24.9 Å². The molecule has 130 valence electrons. The summed E-state index contributed by atoms with van der Waals surface area (Å²) in [6, 6.07) is 8.61. The molecule has 1 aliphatic carbocycles. The van der Waals surface area contributed by atoms with Gasteiger partial charge in [0.2, 0.25) is 0 Å². The molecule has 0 saturated heterocycles. The van der Waals surface area contributed by atoms with Gasteiger partial charge in [-0.3, -0.25) is 4.98 Å². The van der Waals surface area contributed by atoms with E-state index in [1.54, 1.807) is 0 Å².